The van der Waals surface area contributed by atoms with Crippen LogP contribution in [0.15, 0.2) is 53.3 Å². The van der Waals surface area contributed by atoms with Crippen LogP contribution < -0.4 is 5.32 Å². The van der Waals surface area contributed by atoms with Crippen LogP contribution in [-0.4, -0.2) is 15.5 Å². The zero-order valence-corrected chi connectivity index (χ0v) is 15.0. The second kappa shape index (κ2) is 6.54. The zero-order chi connectivity index (χ0) is 19.0. The van der Waals surface area contributed by atoms with Gasteiger partial charge in [0.25, 0.3) is 5.91 Å². The molecule has 1 amide bonds. The Balaban J connectivity index is 1.75. The number of aromatic nitrogens is 2. The minimum atomic E-state index is -0.262. The smallest absolute Gasteiger partial charge is 0.258 e. The van der Waals surface area contributed by atoms with Gasteiger partial charge in [-0.3, -0.25) is 4.79 Å². The van der Waals surface area contributed by atoms with Crippen molar-refractivity contribution in [3.05, 3.63) is 77.0 Å². The SMILES string of the molecule is Cc1c(C#N)c(NC(=O)c2c[nH]c3ccccc23)n(Cc2ccco2)c1C. The Bertz CT molecular complexity index is 1170. The molecule has 0 bridgehead atoms. The first-order chi connectivity index (χ1) is 13.1. The average molecular weight is 358 g/mol. The average Bonchev–Trinajstić information content (AvgIpc) is 3.38. The van der Waals surface area contributed by atoms with E-state index in [1.807, 2.05) is 54.8 Å². The van der Waals surface area contributed by atoms with Crippen molar-refractivity contribution in [3.63, 3.8) is 0 Å². The Labute approximate surface area is 156 Å². The third-order valence-electron chi connectivity index (χ3n) is 4.90. The van der Waals surface area contributed by atoms with Gasteiger partial charge >= 0.3 is 0 Å². The van der Waals surface area contributed by atoms with Crippen LogP contribution in [0, 0.1) is 25.2 Å². The fourth-order valence-electron chi connectivity index (χ4n) is 3.32. The van der Waals surface area contributed by atoms with Crippen LogP contribution in [0.5, 0.6) is 0 Å². The summed E-state index contributed by atoms with van der Waals surface area (Å²) in [5.74, 6) is 0.974. The number of nitriles is 1. The van der Waals surface area contributed by atoms with E-state index in [-0.39, 0.29) is 5.91 Å². The van der Waals surface area contributed by atoms with E-state index in [0.717, 1.165) is 27.9 Å². The van der Waals surface area contributed by atoms with Crippen molar-refractivity contribution in [3.8, 4) is 6.07 Å². The third kappa shape index (κ3) is 2.79. The molecule has 1 aromatic carbocycles. The topological polar surface area (TPSA) is 86.8 Å². The minimum absolute atomic E-state index is 0.262. The summed E-state index contributed by atoms with van der Waals surface area (Å²) in [5.41, 5.74) is 3.65. The Morgan fingerprint density at radius 1 is 1.26 bits per heavy atom. The lowest BCUT2D eigenvalue weighted by molar-refractivity contribution is 0.102. The molecule has 6 nitrogen and oxygen atoms in total. The molecule has 134 valence electrons. The number of H-pyrrole nitrogens is 1. The van der Waals surface area contributed by atoms with Crippen LogP contribution in [0.2, 0.25) is 0 Å². The molecule has 2 N–H and O–H groups in total. The number of aromatic amines is 1. The predicted molar refractivity (Wildman–Crippen MR) is 103 cm³/mol. The maximum absolute atomic E-state index is 13.0. The van der Waals surface area contributed by atoms with E-state index in [1.54, 1.807) is 12.5 Å². The summed E-state index contributed by atoms with van der Waals surface area (Å²) in [6.07, 6.45) is 3.29. The van der Waals surface area contributed by atoms with Gasteiger partial charge in [0.1, 0.15) is 17.6 Å². The van der Waals surface area contributed by atoms with Gasteiger partial charge in [-0.1, -0.05) is 18.2 Å². The van der Waals surface area contributed by atoms with Crippen molar-refractivity contribution >= 4 is 22.6 Å². The lowest BCUT2D eigenvalue weighted by atomic mass is 10.1. The van der Waals surface area contributed by atoms with Crippen molar-refractivity contribution in [1.29, 1.82) is 5.26 Å². The van der Waals surface area contributed by atoms with E-state index in [4.69, 9.17) is 4.42 Å². The Morgan fingerprint density at radius 3 is 2.81 bits per heavy atom. The number of carbonyl (C=O) groups is 1. The van der Waals surface area contributed by atoms with Gasteiger partial charge in [-0.2, -0.15) is 5.26 Å². The second-order valence-corrected chi connectivity index (χ2v) is 6.41. The number of hydrogen-bond acceptors (Lipinski definition) is 3. The van der Waals surface area contributed by atoms with Gasteiger partial charge in [0.05, 0.1) is 23.9 Å². The number of anilines is 1. The minimum Gasteiger partial charge on any atom is -0.467 e. The number of nitrogens with one attached hydrogen (secondary N) is 2. The fourth-order valence-corrected chi connectivity index (χ4v) is 3.32. The number of carbonyl (C=O) groups excluding carboxylic acids is 1. The van der Waals surface area contributed by atoms with Crippen LogP contribution in [0.1, 0.15) is 32.9 Å². The number of furan rings is 1. The number of nitrogens with zero attached hydrogens (tertiary/aromatic N) is 2. The summed E-state index contributed by atoms with van der Waals surface area (Å²) < 4.78 is 7.35. The van der Waals surface area contributed by atoms with Gasteiger partial charge in [-0.25, -0.2) is 0 Å². The van der Waals surface area contributed by atoms with Crippen LogP contribution in [0.3, 0.4) is 0 Å². The van der Waals surface area contributed by atoms with E-state index in [1.165, 1.54) is 0 Å². The number of hydrogen-bond donors (Lipinski definition) is 2. The van der Waals surface area contributed by atoms with Crippen molar-refractivity contribution in [2.45, 2.75) is 20.4 Å². The van der Waals surface area contributed by atoms with Crippen LogP contribution in [0.25, 0.3) is 10.9 Å². The highest BCUT2D eigenvalue weighted by Crippen LogP contribution is 2.28. The first-order valence-electron chi connectivity index (χ1n) is 8.59. The van der Waals surface area contributed by atoms with Gasteiger partial charge in [0, 0.05) is 22.8 Å². The highest BCUT2D eigenvalue weighted by atomic mass is 16.3. The summed E-state index contributed by atoms with van der Waals surface area (Å²) >= 11 is 0. The van der Waals surface area contributed by atoms with Crippen molar-refractivity contribution in [1.82, 2.24) is 9.55 Å². The van der Waals surface area contributed by atoms with Crippen LogP contribution in [0.4, 0.5) is 5.82 Å². The van der Waals surface area contributed by atoms with Gasteiger partial charge in [-0.05, 0) is 37.6 Å². The molecule has 0 radical (unpaired) electrons. The Kier molecular flexibility index (Phi) is 4.05. The van der Waals surface area contributed by atoms with E-state index < -0.39 is 0 Å². The molecular weight excluding hydrogens is 340 g/mol. The molecule has 4 rings (SSSR count). The van der Waals surface area contributed by atoms with E-state index in [0.29, 0.717) is 23.5 Å². The lowest BCUT2D eigenvalue weighted by Crippen LogP contribution is -2.16. The van der Waals surface area contributed by atoms with Crippen LogP contribution >= 0.6 is 0 Å². The summed E-state index contributed by atoms with van der Waals surface area (Å²) in [7, 11) is 0. The van der Waals surface area contributed by atoms with Gasteiger partial charge in [-0.15, -0.1) is 0 Å². The van der Waals surface area contributed by atoms with Crippen molar-refractivity contribution in [2.24, 2.45) is 0 Å². The molecule has 0 spiro atoms. The van der Waals surface area contributed by atoms with Crippen molar-refractivity contribution in [2.75, 3.05) is 5.32 Å². The third-order valence-corrected chi connectivity index (χ3v) is 4.90. The summed E-state index contributed by atoms with van der Waals surface area (Å²) in [6, 6.07) is 13.5. The molecule has 4 aromatic rings. The van der Waals surface area contributed by atoms with E-state index in [2.05, 4.69) is 16.4 Å². The van der Waals surface area contributed by atoms with E-state index >= 15 is 0 Å². The molecule has 0 unspecified atom stereocenters. The molecule has 0 atom stereocenters. The molecule has 0 aliphatic rings. The first kappa shape index (κ1) is 16.7. The summed E-state index contributed by atoms with van der Waals surface area (Å²) in [4.78, 5) is 16.1. The highest BCUT2D eigenvalue weighted by molar-refractivity contribution is 6.13. The summed E-state index contributed by atoms with van der Waals surface area (Å²) in [5, 5.41) is 13.4. The standard InChI is InChI=1S/C21H18N4O2/c1-13-14(2)25(12-15-6-5-9-27-15)20(17(13)10-22)24-21(26)18-11-23-19-8-4-3-7-16(18)19/h3-9,11,23H,12H2,1-2H3,(H,24,26). The molecule has 3 heterocycles. The zero-order valence-electron chi connectivity index (χ0n) is 15.0. The fraction of sp³-hybridized carbons (Fsp3) is 0.143. The second-order valence-electron chi connectivity index (χ2n) is 6.41. The normalized spacial score (nSPS) is 10.9. The van der Waals surface area contributed by atoms with E-state index in [9.17, 15) is 10.1 Å². The quantitative estimate of drug-likeness (QED) is 0.568. The molecule has 0 fully saturated rings. The largest absolute Gasteiger partial charge is 0.467 e. The number of rotatable bonds is 4. The van der Waals surface area contributed by atoms with Crippen molar-refractivity contribution < 1.29 is 9.21 Å². The van der Waals surface area contributed by atoms with Gasteiger partial charge in [0.2, 0.25) is 0 Å². The molecule has 0 aliphatic carbocycles. The molecule has 27 heavy (non-hydrogen) atoms. The molecular formula is C21H18N4O2. The predicted octanol–water partition coefficient (Wildman–Crippen LogP) is 4.35. The first-order valence-corrected chi connectivity index (χ1v) is 8.59. The number of benzene rings is 1. The molecule has 6 heteroatoms. The number of amides is 1. The highest BCUT2D eigenvalue weighted by Gasteiger charge is 2.22. The Morgan fingerprint density at radius 2 is 2.07 bits per heavy atom. The van der Waals surface area contributed by atoms with Crippen LogP contribution in [-0.2, 0) is 6.54 Å². The Hall–Kier alpha value is -3.72. The summed E-state index contributed by atoms with van der Waals surface area (Å²) in [6.45, 7) is 4.25. The molecule has 0 saturated carbocycles. The molecule has 0 saturated heterocycles. The van der Waals surface area contributed by atoms with Gasteiger partial charge in [0.15, 0.2) is 0 Å². The number of fused-ring (bicyclic) bond motifs is 1. The number of para-hydroxylation sites is 1. The maximum atomic E-state index is 13.0. The van der Waals surface area contributed by atoms with Gasteiger partial charge < -0.3 is 19.3 Å². The molecule has 0 aliphatic heterocycles. The lowest BCUT2D eigenvalue weighted by Gasteiger charge is -2.11. The monoisotopic (exact) mass is 358 g/mol. The molecule has 3 aromatic heterocycles. The maximum Gasteiger partial charge on any atom is 0.258 e.